The van der Waals surface area contributed by atoms with Crippen LogP contribution in [0.1, 0.15) is 15.9 Å². The van der Waals surface area contributed by atoms with Crippen LogP contribution in [0.25, 0.3) is 10.9 Å². The van der Waals surface area contributed by atoms with Crippen molar-refractivity contribution in [3.8, 4) is 0 Å². The van der Waals surface area contributed by atoms with Crippen molar-refractivity contribution in [3.05, 3.63) is 102 Å². The first-order valence-electron chi connectivity index (χ1n) is 10.5. The number of carbonyl (C=O) groups excluding carboxylic acids is 1. The number of aliphatic hydroxyl groups is 1. The van der Waals surface area contributed by atoms with Crippen LogP contribution in [-0.2, 0) is 15.6 Å². The normalized spacial score (nSPS) is 15.1. The molecule has 172 valence electrons. The third-order valence-electron chi connectivity index (χ3n) is 5.84. The van der Waals surface area contributed by atoms with Gasteiger partial charge in [-0.2, -0.15) is 0 Å². The van der Waals surface area contributed by atoms with Gasteiger partial charge in [-0.3, -0.25) is 14.5 Å². The van der Waals surface area contributed by atoms with Crippen LogP contribution in [0.3, 0.4) is 0 Å². The lowest BCUT2D eigenvalue weighted by Gasteiger charge is -2.46. The van der Waals surface area contributed by atoms with Crippen molar-refractivity contribution in [2.75, 3.05) is 17.8 Å². The Morgan fingerprint density at radius 1 is 0.971 bits per heavy atom. The molecule has 1 aliphatic rings. The summed E-state index contributed by atoms with van der Waals surface area (Å²) < 4.78 is 42.4. The van der Waals surface area contributed by atoms with Crippen molar-refractivity contribution in [2.45, 2.75) is 10.5 Å². The van der Waals surface area contributed by atoms with Gasteiger partial charge < -0.3 is 10.0 Å². The van der Waals surface area contributed by atoms with E-state index in [2.05, 4.69) is 9.71 Å². The van der Waals surface area contributed by atoms with Gasteiger partial charge in [0.2, 0.25) is 0 Å². The van der Waals surface area contributed by atoms with Gasteiger partial charge in [0, 0.05) is 28.4 Å². The van der Waals surface area contributed by atoms with Gasteiger partial charge >= 0.3 is 0 Å². The fraction of sp³-hybridized carbons (Fsp3) is 0.120. The van der Waals surface area contributed by atoms with Gasteiger partial charge in [0.25, 0.3) is 15.9 Å². The minimum Gasteiger partial charge on any atom is -0.381 e. The van der Waals surface area contributed by atoms with E-state index >= 15 is 0 Å². The third-order valence-corrected chi connectivity index (χ3v) is 7.25. The second-order valence-electron chi connectivity index (χ2n) is 8.19. The number of anilines is 1. The number of aromatic nitrogens is 1. The molecule has 3 aromatic carbocycles. The predicted octanol–water partition coefficient (Wildman–Crippen LogP) is 3.52. The van der Waals surface area contributed by atoms with Gasteiger partial charge in [-0.05, 0) is 42.5 Å². The van der Waals surface area contributed by atoms with Crippen molar-refractivity contribution in [2.24, 2.45) is 0 Å². The number of β-amino-alcohol motifs (C(OH)–C–C–N with tert-alkyl or cyclic N) is 1. The standard InChI is InChI=1S/C25H20FN3O4S/c26-21-8-2-1-7-20(21)25(31)15-29(16-25)24(30)18-10-12-19(13-11-18)28-34(32,33)22-9-3-5-17-6-4-14-27-23(17)22/h1-14,28,31H,15-16H2. The summed E-state index contributed by atoms with van der Waals surface area (Å²) in [4.78, 5) is 18.4. The molecule has 1 aromatic heterocycles. The molecule has 0 saturated carbocycles. The summed E-state index contributed by atoms with van der Waals surface area (Å²) in [5, 5.41) is 11.4. The lowest BCUT2D eigenvalue weighted by Crippen LogP contribution is -2.61. The van der Waals surface area contributed by atoms with E-state index in [1.165, 1.54) is 59.6 Å². The number of likely N-dealkylation sites (tertiary alicyclic amines) is 1. The first-order chi connectivity index (χ1) is 16.3. The predicted molar refractivity (Wildman–Crippen MR) is 125 cm³/mol. The first kappa shape index (κ1) is 22.0. The van der Waals surface area contributed by atoms with Crippen LogP contribution in [0, 0.1) is 5.82 Å². The number of hydrogen-bond acceptors (Lipinski definition) is 5. The van der Waals surface area contributed by atoms with Gasteiger partial charge in [-0.15, -0.1) is 0 Å². The van der Waals surface area contributed by atoms with E-state index in [4.69, 9.17) is 0 Å². The average molecular weight is 478 g/mol. The van der Waals surface area contributed by atoms with Crippen LogP contribution in [0.5, 0.6) is 0 Å². The minimum atomic E-state index is -3.91. The Morgan fingerprint density at radius 2 is 1.68 bits per heavy atom. The maximum atomic E-state index is 14.0. The molecule has 1 saturated heterocycles. The highest BCUT2D eigenvalue weighted by atomic mass is 32.2. The lowest BCUT2D eigenvalue weighted by molar-refractivity contribution is -0.0884. The maximum absolute atomic E-state index is 14.0. The second kappa shape index (κ2) is 8.19. The third kappa shape index (κ3) is 3.89. The van der Waals surface area contributed by atoms with Crippen LogP contribution in [0.4, 0.5) is 10.1 Å². The number of hydrogen-bond donors (Lipinski definition) is 2. The number of nitrogens with zero attached hydrogens (tertiary/aromatic N) is 2. The number of benzene rings is 3. The minimum absolute atomic E-state index is 0.0325. The van der Waals surface area contributed by atoms with Crippen LogP contribution in [0.2, 0.25) is 0 Å². The topological polar surface area (TPSA) is 99.6 Å². The molecule has 4 aromatic rings. The first-order valence-corrected chi connectivity index (χ1v) is 12.0. The molecule has 7 nitrogen and oxygen atoms in total. The molecule has 0 spiro atoms. The van der Waals surface area contributed by atoms with E-state index in [0.29, 0.717) is 16.5 Å². The molecule has 9 heteroatoms. The molecule has 2 heterocycles. The van der Waals surface area contributed by atoms with Gasteiger partial charge in [-0.25, -0.2) is 12.8 Å². The summed E-state index contributed by atoms with van der Waals surface area (Å²) in [7, 11) is -3.91. The smallest absolute Gasteiger partial charge is 0.264 e. The zero-order valence-electron chi connectivity index (χ0n) is 17.8. The SMILES string of the molecule is O=C(c1ccc(NS(=O)(=O)c2cccc3cccnc23)cc1)N1CC(O)(c2ccccc2F)C1. The number of fused-ring (bicyclic) bond motifs is 1. The number of rotatable bonds is 5. The highest BCUT2D eigenvalue weighted by Gasteiger charge is 2.46. The van der Waals surface area contributed by atoms with Crippen LogP contribution in [-0.4, -0.2) is 42.4 Å². The quantitative estimate of drug-likeness (QED) is 0.458. The zero-order chi connectivity index (χ0) is 23.9. The van der Waals surface area contributed by atoms with Crippen molar-refractivity contribution in [1.82, 2.24) is 9.88 Å². The van der Waals surface area contributed by atoms with Crippen LogP contribution < -0.4 is 4.72 Å². The van der Waals surface area contributed by atoms with E-state index in [1.807, 2.05) is 0 Å². The molecule has 0 radical (unpaired) electrons. The van der Waals surface area contributed by atoms with Crippen molar-refractivity contribution >= 4 is 32.5 Å². The van der Waals surface area contributed by atoms with Crippen LogP contribution >= 0.6 is 0 Å². The van der Waals surface area contributed by atoms with Crippen LogP contribution in [0.15, 0.2) is 90.0 Å². The zero-order valence-corrected chi connectivity index (χ0v) is 18.7. The van der Waals surface area contributed by atoms with Gasteiger partial charge in [0.1, 0.15) is 16.3 Å². The molecule has 0 bridgehead atoms. The van der Waals surface area contributed by atoms with E-state index in [1.54, 1.807) is 30.3 Å². The monoisotopic (exact) mass is 477 g/mol. The van der Waals surface area contributed by atoms with E-state index in [9.17, 15) is 22.7 Å². The molecule has 34 heavy (non-hydrogen) atoms. The van der Waals surface area contributed by atoms with Crippen molar-refractivity contribution < 1.29 is 22.7 Å². The second-order valence-corrected chi connectivity index (χ2v) is 9.84. The molecule has 0 unspecified atom stereocenters. The number of nitrogens with one attached hydrogen (secondary N) is 1. The molecule has 0 aliphatic carbocycles. The summed E-state index contributed by atoms with van der Waals surface area (Å²) >= 11 is 0. The number of halogens is 1. The molecule has 1 fully saturated rings. The Bertz CT molecular complexity index is 1500. The number of amides is 1. The van der Waals surface area contributed by atoms with Gasteiger partial charge in [-0.1, -0.05) is 36.4 Å². The fourth-order valence-corrected chi connectivity index (χ4v) is 5.34. The number of pyridine rings is 1. The molecule has 0 atom stereocenters. The molecule has 1 amide bonds. The summed E-state index contributed by atoms with van der Waals surface area (Å²) in [5.74, 6) is -0.858. The molecule has 1 aliphatic heterocycles. The van der Waals surface area contributed by atoms with E-state index < -0.39 is 21.4 Å². The highest BCUT2D eigenvalue weighted by Crippen LogP contribution is 2.34. The summed E-state index contributed by atoms with van der Waals surface area (Å²) in [6.07, 6.45) is 1.53. The number of sulfonamides is 1. The fourth-order valence-electron chi connectivity index (χ4n) is 4.10. The Hall–Kier alpha value is -3.82. The number of carbonyl (C=O) groups is 1. The van der Waals surface area contributed by atoms with Crippen molar-refractivity contribution in [3.63, 3.8) is 0 Å². The maximum Gasteiger partial charge on any atom is 0.264 e. The molecular weight excluding hydrogens is 457 g/mol. The highest BCUT2D eigenvalue weighted by molar-refractivity contribution is 7.93. The Balaban J connectivity index is 1.30. The van der Waals surface area contributed by atoms with Gasteiger partial charge in [0.05, 0.1) is 18.6 Å². The summed E-state index contributed by atoms with van der Waals surface area (Å²) in [5.41, 5.74) is -0.291. The molecule has 2 N–H and O–H groups in total. The Morgan fingerprint density at radius 3 is 2.41 bits per heavy atom. The number of para-hydroxylation sites is 1. The average Bonchev–Trinajstić information content (AvgIpc) is 2.82. The summed E-state index contributed by atoms with van der Waals surface area (Å²) in [6.45, 7) is -0.0650. The Kier molecular flexibility index (Phi) is 5.30. The van der Waals surface area contributed by atoms with Crippen molar-refractivity contribution in [1.29, 1.82) is 0 Å². The summed E-state index contributed by atoms with van der Waals surface area (Å²) in [6, 6.07) is 20.4. The molecular formula is C25H20FN3O4S. The lowest BCUT2D eigenvalue weighted by atomic mass is 9.85. The largest absolute Gasteiger partial charge is 0.381 e. The van der Waals surface area contributed by atoms with E-state index in [-0.39, 0.29) is 35.1 Å². The van der Waals surface area contributed by atoms with E-state index in [0.717, 1.165) is 0 Å². The molecule has 5 rings (SSSR count). The Labute approximate surface area is 195 Å². The van der Waals surface area contributed by atoms with Gasteiger partial charge in [0.15, 0.2) is 0 Å².